The van der Waals surface area contributed by atoms with Gasteiger partial charge >= 0.3 is 5.43 Å². The molecule has 0 radical (unpaired) electrons. The van der Waals surface area contributed by atoms with Gasteiger partial charge in [0.05, 0.1) is 0 Å². The lowest BCUT2D eigenvalue weighted by atomic mass is 9.95. The van der Waals surface area contributed by atoms with Gasteiger partial charge in [0, 0.05) is 37.0 Å². The van der Waals surface area contributed by atoms with Crippen LogP contribution < -0.4 is 5.32 Å². The molecule has 0 saturated carbocycles. The summed E-state index contributed by atoms with van der Waals surface area (Å²) in [5.41, 5.74) is 0.162. The topological polar surface area (TPSA) is 55.4 Å². The average molecular weight is 310 g/mol. The number of rotatable bonds is 4. The first-order valence-corrected chi connectivity index (χ1v) is 7.21. The smallest absolute Gasteiger partial charge is 0.404 e. The van der Waals surface area contributed by atoms with E-state index in [1.54, 1.807) is 0 Å². The number of allylic oxidation sites excluding steroid dienone is 1. The Kier molecular flexibility index (Phi) is 8.40. The maximum absolute atomic E-state index is 11.1. The van der Waals surface area contributed by atoms with E-state index in [1.807, 2.05) is 36.4 Å². The van der Waals surface area contributed by atoms with Crippen LogP contribution in [0.25, 0.3) is 0 Å². The maximum atomic E-state index is 11.1. The summed E-state index contributed by atoms with van der Waals surface area (Å²) in [5, 5.41) is 3.18. The number of hydrogen-bond donors (Lipinski definition) is 1. The fraction of sp³-hybridized carbons (Fsp3) is 0.375. The minimum absolute atomic E-state index is 0.200. The first-order valence-electron chi connectivity index (χ1n) is 6.84. The Morgan fingerprint density at radius 3 is 2.71 bits per heavy atom. The highest BCUT2D eigenvalue weighted by atomic mass is 35.5. The predicted molar refractivity (Wildman–Crippen MR) is 83.3 cm³/mol. The van der Waals surface area contributed by atoms with Gasteiger partial charge in [-0.2, -0.15) is 0 Å². The van der Waals surface area contributed by atoms with E-state index >= 15 is 0 Å². The van der Waals surface area contributed by atoms with Crippen molar-refractivity contribution in [1.29, 1.82) is 0 Å². The van der Waals surface area contributed by atoms with Gasteiger partial charge in [0.15, 0.2) is 0 Å². The zero-order valence-electron chi connectivity index (χ0n) is 11.9. The van der Waals surface area contributed by atoms with Crippen molar-refractivity contribution >= 4 is 22.8 Å². The normalized spacial score (nSPS) is 17.4. The first-order chi connectivity index (χ1) is 10.1. The monoisotopic (exact) mass is 309 g/mol. The number of benzene rings is 1. The van der Waals surface area contributed by atoms with Crippen molar-refractivity contribution in [2.75, 3.05) is 13.1 Å². The van der Waals surface area contributed by atoms with E-state index in [0.29, 0.717) is 12.2 Å². The second kappa shape index (κ2) is 10.1. The molecular weight excluding hydrogens is 290 g/mol. The molecule has 1 unspecified atom stereocenters. The molecule has 0 aromatic heterocycles. The number of piperidine rings is 1. The van der Waals surface area contributed by atoms with Crippen LogP contribution in [0.15, 0.2) is 43.0 Å². The molecule has 1 aromatic carbocycles. The molecule has 0 amide bonds. The Balaban J connectivity index is 0.000000211. The van der Waals surface area contributed by atoms with Gasteiger partial charge in [-0.05, 0) is 12.0 Å². The van der Waals surface area contributed by atoms with Crippen molar-refractivity contribution in [3.63, 3.8) is 0 Å². The molecule has 1 atom stereocenters. The maximum Gasteiger partial charge on any atom is 0.404 e. The van der Waals surface area contributed by atoms with Crippen molar-refractivity contribution in [3.8, 4) is 0 Å². The highest BCUT2D eigenvalue weighted by molar-refractivity contribution is 6.61. The molecule has 1 heterocycles. The van der Waals surface area contributed by atoms with Gasteiger partial charge < -0.3 is 10.1 Å². The van der Waals surface area contributed by atoms with E-state index in [9.17, 15) is 9.59 Å². The molecule has 2 rings (SSSR count). The van der Waals surface area contributed by atoms with E-state index < -0.39 is 5.43 Å². The van der Waals surface area contributed by atoms with E-state index in [-0.39, 0.29) is 12.5 Å². The minimum atomic E-state index is -0.770. The summed E-state index contributed by atoms with van der Waals surface area (Å²) in [4.78, 5) is 21.3. The molecule has 1 fully saturated rings. The molecule has 1 aliphatic heterocycles. The molecule has 5 heteroatoms. The molecular formula is C16H20ClNO3. The Labute approximate surface area is 130 Å². The van der Waals surface area contributed by atoms with Crippen LogP contribution in [-0.2, 0) is 16.1 Å². The molecule has 1 aromatic rings. The first kappa shape index (κ1) is 17.4. The van der Waals surface area contributed by atoms with Gasteiger partial charge in [-0.1, -0.05) is 36.4 Å². The van der Waals surface area contributed by atoms with Crippen molar-refractivity contribution in [1.82, 2.24) is 5.32 Å². The second-order valence-electron chi connectivity index (χ2n) is 4.65. The van der Waals surface area contributed by atoms with Crippen LogP contribution in [0, 0.1) is 5.92 Å². The second-order valence-corrected chi connectivity index (χ2v) is 4.96. The standard InChI is InChI=1S/C8H7ClO2.C8H13NO/c9-8(10)11-6-7-4-2-1-3-5-7;1-2-3-7-6-9-5-4-8(7)10/h1-5H,6H2;2,7,9H,1,3-6H2. The highest BCUT2D eigenvalue weighted by Gasteiger charge is 2.19. The average Bonchev–Trinajstić information content (AvgIpc) is 2.49. The van der Waals surface area contributed by atoms with Gasteiger partial charge in [0.2, 0.25) is 0 Å². The number of Topliss-reactive ketones (excluding diaryl/α,β-unsaturated/α-hetero) is 1. The van der Waals surface area contributed by atoms with E-state index in [1.165, 1.54) is 0 Å². The number of carbonyl (C=O) groups is 2. The quantitative estimate of drug-likeness (QED) is 0.685. The third-order valence-corrected chi connectivity index (χ3v) is 3.15. The van der Waals surface area contributed by atoms with Gasteiger partial charge in [-0.15, -0.1) is 6.58 Å². The van der Waals surface area contributed by atoms with Crippen LogP contribution in [0.3, 0.4) is 0 Å². The lowest BCUT2D eigenvalue weighted by Gasteiger charge is -2.19. The number of carbonyl (C=O) groups excluding carboxylic acids is 2. The molecule has 1 N–H and O–H groups in total. The van der Waals surface area contributed by atoms with Crippen molar-refractivity contribution in [3.05, 3.63) is 48.6 Å². The molecule has 1 aliphatic rings. The van der Waals surface area contributed by atoms with Crippen molar-refractivity contribution in [2.24, 2.45) is 5.92 Å². The van der Waals surface area contributed by atoms with Crippen LogP contribution in [0.5, 0.6) is 0 Å². The summed E-state index contributed by atoms with van der Waals surface area (Å²) >= 11 is 4.97. The summed E-state index contributed by atoms with van der Waals surface area (Å²) in [6, 6.07) is 9.36. The van der Waals surface area contributed by atoms with Crippen LogP contribution in [0.2, 0.25) is 0 Å². The molecule has 0 bridgehead atoms. The van der Waals surface area contributed by atoms with E-state index in [4.69, 9.17) is 11.6 Å². The van der Waals surface area contributed by atoms with Crippen molar-refractivity contribution in [2.45, 2.75) is 19.4 Å². The Hall–Kier alpha value is -1.65. The van der Waals surface area contributed by atoms with Crippen LogP contribution in [-0.4, -0.2) is 24.3 Å². The molecule has 0 spiro atoms. The van der Waals surface area contributed by atoms with Gasteiger partial charge in [0.25, 0.3) is 0 Å². The van der Waals surface area contributed by atoms with E-state index in [2.05, 4.69) is 16.6 Å². The SMILES string of the molecule is C=CCC1CNCCC1=O.O=C(Cl)OCc1ccccc1. The fourth-order valence-electron chi connectivity index (χ4n) is 1.94. The summed E-state index contributed by atoms with van der Waals surface area (Å²) in [5.74, 6) is 0.588. The third-order valence-electron chi connectivity index (χ3n) is 3.04. The summed E-state index contributed by atoms with van der Waals surface area (Å²) in [6.45, 7) is 5.54. The van der Waals surface area contributed by atoms with Crippen LogP contribution in [0.4, 0.5) is 4.79 Å². The lowest BCUT2D eigenvalue weighted by Crippen LogP contribution is -2.36. The number of ether oxygens (including phenoxy) is 1. The molecule has 21 heavy (non-hydrogen) atoms. The van der Waals surface area contributed by atoms with Gasteiger partial charge in [0.1, 0.15) is 12.4 Å². The molecule has 114 valence electrons. The predicted octanol–water partition coefficient (Wildman–Crippen LogP) is 3.30. The fourth-order valence-corrected chi connectivity index (χ4v) is 1.99. The Morgan fingerprint density at radius 1 is 1.43 bits per heavy atom. The Morgan fingerprint density at radius 2 is 2.14 bits per heavy atom. The number of hydrogen-bond acceptors (Lipinski definition) is 4. The van der Waals surface area contributed by atoms with Crippen LogP contribution >= 0.6 is 11.6 Å². The lowest BCUT2D eigenvalue weighted by molar-refractivity contribution is -0.123. The highest BCUT2D eigenvalue weighted by Crippen LogP contribution is 2.09. The summed E-state index contributed by atoms with van der Waals surface area (Å²) in [7, 11) is 0. The number of halogens is 1. The molecule has 0 aliphatic carbocycles. The third kappa shape index (κ3) is 7.63. The largest absolute Gasteiger partial charge is 0.449 e. The summed E-state index contributed by atoms with van der Waals surface area (Å²) in [6.07, 6.45) is 3.33. The number of ketones is 1. The van der Waals surface area contributed by atoms with Gasteiger partial charge in [-0.3, -0.25) is 4.79 Å². The zero-order chi connectivity index (χ0) is 15.5. The van der Waals surface area contributed by atoms with Gasteiger partial charge in [-0.25, -0.2) is 4.79 Å². The Bertz CT molecular complexity index is 462. The van der Waals surface area contributed by atoms with Crippen LogP contribution in [0.1, 0.15) is 18.4 Å². The molecule has 1 saturated heterocycles. The molecule has 4 nitrogen and oxygen atoms in total. The zero-order valence-corrected chi connectivity index (χ0v) is 12.6. The minimum Gasteiger partial charge on any atom is -0.449 e. The summed E-state index contributed by atoms with van der Waals surface area (Å²) < 4.78 is 4.55. The number of nitrogens with one attached hydrogen (secondary N) is 1. The van der Waals surface area contributed by atoms with Crippen molar-refractivity contribution < 1.29 is 14.3 Å². The van der Waals surface area contributed by atoms with E-state index in [0.717, 1.165) is 25.1 Å².